The summed E-state index contributed by atoms with van der Waals surface area (Å²) in [6, 6.07) is 8.11. The van der Waals surface area contributed by atoms with E-state index in [0.29, 0.717) is 10.8 Å². The summed E-state index contributed by atoms with van der Waals surface area (Å²) in [4.78, 5) is 21.6. The van der Waals surface area contributed by atoms with Crippen molar-refractivity contribution in [2.24, 2.45) is 0 Å². The number of benzene rings is 1. The zero-order valence-electron chi connectivity index (χ0n) is 14.4. The molecule has 3 aromatic heterocycles. The molecule has 0 aliphatic heterocycles. The second kappa shape index (κ2) is 6.71. The van der Waals surface area contributed by atoms with Crippen molar-refractivity contribution in [1.29, 1.82) is 0 Å². The van der Waals surface area contributed by atoms with Gasteiger partial charge in [-0.05, 0) is 25.1 Å². The highest BCUT2D eigenvalue weighted by molar-refractivity contribution is 7.15. The van der Waals surface area contributed by atoms with Crippen LogP contribution in [0.4, 0.5) is 18.3 Å². The van der Waals surface area contributed by atoms with Gasteiger partial charge in [-0.25, -0.2) is 14.5 Å². The number of hydrogen-bond acceptors (Lipinski definition) is 5. The van der Waals surface area contributed by atoms with Gasteiger partial charge in [0.05, 0.1) is 17.5 Å². The number of thiazole rings is 1. The lowest BCUT2D eigenvalue weighted by Gasteiger charge is -2.12. The van der Waals surface area contributed by atoms with E-state index in [1.807, 2.05) is 6.92 Å². The van der Waals surface area contributed by atoms with Crippen molar-refractivity contribution in [3.8, 4) is 11.3 Å². The highest BCUT2D eigenvalue weighted by atomic mass is 32.1. The highest BCUT2D eigenvalue weighted by Gasteiger charge is 2.33. The fourth-order valence-electron chi connectivity index (χ4n) is 2.70. The first-order chi connectivity index (χ1) is 13.3. The van der Waals surface area contributed by atoms with E-state index in [0.717, 1.165) is 10.9 Å². The molecule has 0 radical (unpaired) electrons. The highest BCUT2D eigenvalue weighted by Crippen LogP contribution is 2.36. The van der Waals surface area contributed by atoms with E-state index in [4.69, 9.17) is 0 Å². The predicted molar refractivity (Wildman–Crippen MR) is 98.2 cm³/mol. The number of rotatable bonds is 3. The van der Waals surface area contributed by atoms with Crippen LogP contribution in [-0.2, 0) is 6.18 Å². The fourth-order valence-corrected chi connectivity index (χ4v) is 3.36. The van der Waals surface area contributed by atoms with Gasteiger partial charge in [-0.1, -0.05) is 18.2 Å². The Balaban J connectivity index is 1.76. The molecule has 1 aromatic carbocycles. The predicted octanol–water partition coefficient (Wildman–Crippen LogP) is 4.43. The molecule has 0 atom stereocenters. The molecule has 1 amide bonds. The molecule has 3 heterocycles. The smallest absolute Gasteiger partial charge is 0.296 e. The van der Waals surface area contributed by atoms with E-state index in [1.165, 1.54) is 52.4 Å². The zero-order valence-corrected chi connectivity index (χ0v) is 15.2. The maximum absolute atomic E-state index is 13.3. The molecule has 10 heteroatoms. The van der Waals surface area contributed by atoms with Gasteiger partial charge < -0.3 is 0 Å². The van der Waals surface area contributed by atoms with Crippen molar-refractivity contribution in [1.82, 2.24) is 19.6 Å². The van der Waals surface area contributed by atoms with Crippen LogP contribution in [0.15, 0.2) is 48.8 Å². The monoisotopic (exact) mass is 403 g/mol. The minimum atomic E-state index is -4.52. The number of carbonyl (C=O) groups excluding carboxylic acids is 1. The van der Waals surface area contributed by atoms with E-state index >= 15 is 0 Å². The van der Waals surface area contributed by atoms with Crippen molar-refractivity contribution in [3.63, 3.8) is 0 Å². The molecule has 0 saturated heterocycles. The minimum Gasteiger partial charge on any atom is -0.296 e. The maximum Gasteiger partial charge on any atom is 0.417 e. The number of aromatic nitrogens is 4. The first-order valence-electron chi connectivity index (χ1n) is 8.08. The fraction of sp³-hybridized carbons (Fsp3) is 0.111. The third-order valence-electron chi connectivity index (χ3n) is 3.95. The number of hydrogen-bond donors (Lipinski definition) is 1. The van der Waals surface area contributed by atoms with Gasteiger partial charge in [0.2, 0.25) is 0 Å². The molecule has 0 spiro atoms. The molecule has 4 aromatic rings. The lowest BCUT2D eigenvalue weighted by atomic mass is 10.0. The van der Waals surface area contributed by atoms with Gasteiger partial charge in [0.1, 0.15) is 0 Å². The molecule has 0 unspecified atom stereocenters. The zero-order chi connectivity index (χ0) is 19.9. The number of carbonyl (C=O) groups is 1. The summed E-state index contributed by atoms with van der Waals surface area (Å²) in [5.74, 6) is -0.504. The quantitative estimate of drug-likeness (QED) is 0.549. The number of alkyl halides is 3. The molecule has 28 heavy (non-hydrogen) atoms. The number of amides is 1. The largest absolute Gasteiger partial charge is 0.417 e. The lowest BCUT2D eigenvalue weighted by molar-refractivity contribution is -0.137. The third-order valence-corrected chi connectivity index (χ3v) is 4.77. The van der Waals surface area contributed by atoms with Crippen LogP contribution in [0, 0.1) is 6.92 Å². The second-order valence-corrected chi connectivity index (χ2v) is 7.14. The van der Waals surface area contributed by atoms with Crippen molar-refractivity contribution >= 4 is 28.0 Å². The first kappa shape index (κ1) is 18.1. The Morgan fingerprint density at radius 1 is 1.11 bits per heavy atom. The molecule has 0 saturated carbocycles. The summed E-state index contributed by atoms with van der Waals surface area (Å²) in [6.45, 7) is 1.85. The van der Waals surface area contributed by atoms with Crippen LogP contribution in [0.3, 0.4) is 0 Å². The number of anilines is 1. The van der Waals surface area contributed by atoms with Crippen LogP contribution in [0.5, 0.6) is 0 Å². The molecule has 0 aliphatic rings. The molecule has 142 valence electrons. The Morgan fingerprint density at radius 3 is 2.61 bits per heavy atom. The van der Waals surface area contributed by atoms with E-state index in [-0.39, 0.29) is 17.0 Å². The van der Waals surface area contributed by atoms with Crippen LogP contribution < -0.4 is 5.32 Å². The Hall–Kier alpha value is -3.27. The molecular weight excluding hydrogens is 391 g/mol. The number of halogens is 3. The van der Waals surface area contributed by atoms with Gasteiger partial charge in [0.15, 0.2) is 16.5 Å². The summed E-state index contributed by atoms with van der Waals surface area (Å²) >= 11 is 1.31. The van der Waals surface area contributed by atoms with Crippen molar-refractivity contribution in [2.45, 2.75) is 13.1 Å². The Bertz CT molecular complexity index is 1180. The van der Waals surface area contributed by atoms with Gasteiger partial charge >= 0.3 is 6.18 Å². The van der Waals surface area contributed by atoms with Gasteiger partial charge in [0, 0.05) is 16.6 Å². The van der Waals surface area contributed by atoms with Crippen LogP contribution in [-0.4, -0.2) is 25.5 Å². The van der Waals surface area contributed by atoms with Crippen molar-refractivity contribution in [3.05, 3.63) is 64.9 Å². The Labute approximate surface area is 160 Å². The van der Waals surface area contributed by atoms with Crippen LogP contribution >= 0.6 is 11.3 Å². The lowest BCUT2D eigenvalue weighted by Crippen LogP contribution is -2.15. The van der Waals surface area contributed by atoms with Crippen molar-refractivity contribution < 1.29 is 18.0 Å². The van der Waals surface area contributed by atoms with Gasteiger partial charge in [0.25, 0.3) is 5.91 Å². The van der Waals surface area contributed by atoms with Gasteiger partial charge in [-0.2, -0.15) is 18.3 Å². The standard InChI is InChI=1S/C18H12F3N5OS/c1-10-8-23-17(28-10)24-16(27)14-9-22-15-7-6-13(25-26(14)15)11-4-2-3-5-12(11)18(19,20)21/h2-9H,1H3,(H,23,24,27). The Morgan fingerprint density at radius 2 is 1.89 bits per heavy atom. The van der Waals surface area contributed by atoms with E-state index < -0.39 is 17.6 Å². The van der Waals surface area contributed by atoms with E-state index in [9.17, 15) is 18.0 Å². The summed E-state index contributed by atoms with van der Waals surface area (Å²) in [5.41, 5.74) is -0.362. The van der Waals surface area contributed by atoms with Crippen molar-refractivity contribution in [2.75, 3.05) is 5.32 Å². The average Bonchev–Trinajstić information content (AvgIpc) is 3.26. The molecule has 0 aliphatic carbocycles. The third kappa shape index (κ3) is 3.33. The van der Waals surface area contributed by atoms with Crippen LogP contribution in [0.25, 0.3) is 16.9 Å². The summed E-state index contributed by atoms with van der Waals surface area (Å²) in [7, 11) is 0. The number of aryl methyl sites for hydroxylation is 1. The summed E-state index contributed by atoms with van der Waals surface area (Å²) in [5, 5.41) is 7.28. The van der Waals surface area contributed by atoms with E-state index in [2.05, 4.69) is 20.4 Å². The normalized spacial score (nSPS) is 11.7. The molecule has 1 N–H and O–H groups in total. The molecule has 0 fully saturated rings. The number of nitrogens with one attached hydrogen (secondary N) is 1. The average molecular weight is 403 g/mol. The summed E-state index contributed by atoms with van der Waals surface area (Å²) in [6.07, 6.45) is -1.58. The van der Waals surface area contributed by atoms with Gasteiger partial charge in [-0.15, -0.1) is 11.3 Å². The number of nitrogens with zero attached hydrogens (tertiary/aromatic N) is 4. The van der Waals surface area contributed by atoms with Crippen LogP contribution in [0.2, 0.25) is 0 Å². The van der Waals surface area contributed by atoms with Crippen LogP contribution in [0.1, 0.15) is 20.9 Å². The Kier molecular flexibility index (Phi) is 4.34. The first-order valence-corrected chi connectivity index (χ1v) is 8.90. The minimum absolute atomic E-state index is 0.0764. The summed E-state index contributed by atoms with van der Waals surface area (Å²) < 4.78 is 41.2. The van der Waals surface area contributed by atoms with E-state index in [1.54, 1.807) is 6.20 Å². The number of fused-ring (bicyclic) bond motifs is 1. The second-order valence-electron chi connectivity index (χ2n) is 5.91. The number of imidazole rings is 1. The molecule has 4 rings (SSSR count). The van der Waals surface area contributed by atoms with Gasteiger partial charge in [-0.3, -0.25) is 10.1 Å². The molecular formula is C18H12F3N5OS. The maximum atomic E-state index is 13.3. The molecule has 0 bridgehead atoms. The SMILES string of the molecule is Cc1cnc(NC(=O)c2cnc3ccc(-c4ccccc4C(F)(F)F)nn23)s1. The topological polar surface area (TPSA) is 72.2 Å². The molecule has 6 nitrogen and oxygen atoms in total.